The quantitative estimate of drug-likeness (QED) is 0.301. The zero-order valence-corrected chi connectivity index (χ0v) is 9.58. The number of hydrazine groups is 1. The van der Waals surface area contributed by atoms with Crippen molar-refractivity contribution in [2.45, 2.75) is 0 Å². The molecule has 0 saturated heterocycles. The minimum Gasteiger partial charge on any atom is -0.464 e. The van der Waals surface area contributed by atoms with Gasteiger partial charge in [0.25, 0.3) is 11.8 Å². The van der Waals surface area contributed by atoms with E-state index in [1.807, 2.05) is 5.43 Å². The van der Waals surface area contributed by atoms with Gasteiger partial charge in [0.1, 0.15) is 0 Å². The van der Waals surface area contributed by atoms with Crippen LogP contribution in [0, 0.1) is 0 Å². The monoisotopic (exact) mass is 265 g/mol. The summed E-state index contributed by atoms with van der Waals surface area (Å²) in [5.74, 6) is -1.28. The van der Waals surface area contributed by atoms with Gasteiger partial charge < -0.3 is 5.11 Å². The van der Waals surface area contributed by atoms with Gasteiger partial charge in [-0.2, -0.15) is 0 Å². The van der Waals surface area contributed by atoms with Gasteiger partial charge in [-0.25, -0.2) is 15.7 Å². The summed E-state index contributed by atoms with van der Waals surface area (Å²) in [6.07, 6.45) is 1.17. The van der Waals surface area contributed by atoms with E-state index in [1.54, 1.807) is 17.6 Å². The second kappa shape index (κ2) is 6.77. The summed E-state index contributed by atoms with van der Waals surface area (Å²) in [5.41, 5.74) is 6.02. The van der Waals surface area contributed by atoms with Gasteiger partial charge in [-0.15, -0.1) is 0 Å². The van der Waals surface area contributed by atoms with Crippen LogP contribution in [0.25, 0.3) is 6.08 Å². The molecule has 0 aliphatic carbocycles. The number of benzene rings is 1. The fourth-order valence-corrected chi connectivity index (χ4v) is 1.14. The van der Waals surface area contributed by atoms with Gasteiger partial charge in [-0.1, -0.05) is 12.1 Å². The van der Waals surface area contributed by atoms with Crippen LogP contribution in [0.3, 0.4) is 0 Å². The molecule has 0 aromatic heterocycles. The van der Waals surface area contributed by atoms with Crippen molar-refractivity contribution in [2.75, 3.05) is 0 Å². The first-order valence-corrected chi connectivity index (χ1v) is 5.04. The first-order valence-electron chi connectivity index (χ1n) is 5.04. The molecule has 19 heavy (non-hydrogen) atoms. The first-order chi connectivity index (χ1) is 9.02. The molecule has 3 amide bonds. The van der Waals surface area contributed by atoms with E-state index in [1.165, 1.54) is 23.7 Å². The second-order valence-corrected chi connectivity index (χ2v) is 3.32. The van der Waals surface area contributed by atoms with Crippen LogP contribution in [-0.4, -0.2) is 28.2 Å². The van der Waals surface area contributed by atoms with Gasteiger partial charge in [0.05, 0.1) is 0 Å². The molecule has 0 heterocycles. The van der Waals surface area contributed by atoms with Crippen molar-refractivity contribution >= 4 is 24.0 Å². The normalized spacial score (nSPS) is 9.95. The largest absolute Gasteiger partial charge is 0.464 e. The minimum absolute atomic E-state index is 0.248. The maximum absolute atomic E-state index is 11.4. The van der Waals surface area contributed by atoms with E-state index >= 15 is 0 Å². The highest BCUT2D eigenvalue weighted by atomic mass is 16.5. The molecule has 1 aromatic rings. The highest BCUT2D eigenvalue weighted by Crippen LogP contribution is 2.06. The smallest absolute Gasteiger partial charge is 0.423 e. The SMILES string of the molecule is O=C(O)NNC(=O)c1ccc(/C=C/C(=O)NO)cc1. The summed E-state index contributed by atoms with van der Waals surface area (Å²) < 4.78 is 0. The van der Waals surface area contributed by atoms with Gasteiger partial charge in [0.15, 0.2) is 0 Å². The molecule has 8 nitrogen and oxygen atoms in total. The van der Waals surface area contributed by atoms with Crippen LogP contribution < -0.4 is 16.3 Å². The van der Waals surface area contributed by atoms with Crippen LogP contribution in [0.15, 0.2) is 30.3 Å². The van der Waals surface area contributed by atoms with Crippen LogP contribution in [0.2, 0.25) is 0 Å². The molecule has 0 fully saturated rings. The van der Waals surface area contributed by atoms with E-state index < -0.39 is 17.9 Å². The number of nitrogens with one attached hydrogen (secondary N) is 3. The molecule has 0 aliphatic rings. The molecule has 0 radical (unpaired) electrons. The van der Waals surface area contributed by atoms with Crippen molar-refractivity contribution in [2.24, 2.45) is 0 Å². The Hall–Kier alpha value is -2.87. The maximum Gasteiger partial charge on any atom is 0.423 e. The summed E-state index contributed by atoms with van der Waals surface area (Å²) in [6, 6.07) is 6.01. The predicted molar refractivity (Wildman–Crippen MR) is 64.0 cm³/mol. The summed E-state index contributed by atoms with van der Waals surface area (Å²) in [4.78, 5) is 32.3. The Morgan fingerprint density at radius 1 is 1.05 bits per heavy atom. The van der Waals surface area contributed by atoms with E-state index in [9.17, 15) is 14.4 Å². The number of amides is 3. The van der Waals surface area contributed by atoms with Crippen molar-refractivity contribution < 1.29 is 24.7 Å². The van der Waals surface area contributed by atoms with E-state index in [0.717, 1.165) is 6.08 Å². The van der Waals surface area contributed by atoms with E-state index in [4.69, 9.17) is 10.3 Å². The predicted octanol–water partition coefficient (Wildman–Crippen LogP) is 0.118. The fraction of sp³-hybridized carbons (Fsp3) is 0. The standard InChI is InChI=1S/C11H11N3O5/c15-9(14-19)6-3-7-1-4-8(5-2-7)10(16)12-13-11(17)18/h1-6,13,19H,(H,12,16)(H,14,15)(H,17,18)/b6-3+. The van der Waals surface area contributed by atoms with Gasteiger partial charge in [-0.05, 0) is 23.8 Å². The van der Waals surface area contributed by atoms with Crippen LogP contribution >= 0.6 is 0 Å². The number of rotatable bonds is 3. The summed E-state index contributed by atoms with van der Waals surface area (Å²) in [6.45, 7) is 0. The molecule has 1 aromatic carbocycles. The van der Waals surface area contributed by atoms with E-state index in [2.05, 4.69) is 0 Å². The minimum atomic E-state index is -1.37. The first kappa shape index (κ1) is 14.2. The molecule has 0 bridgehead atoms. The van der Waals surface area contributed by atoms with Gasteiger partial charge in [0.2, 0.25) is 0 Å². The Bertz CT molecular complexity index is 510. The lowest BCUT2D eigenvalue weighted by Crippen LogP contribution is -2.40. The van der Waals surface area contributed by atoms with Gasteiger partial charge in [0, 0.05) is 11.6 Å². The van der Waals surface area contributed by atoms with Crippen LogP contribution in [0.5, 0.6) is 0 Å². The zero-order chi connectivity index (χ0) is 14.3. The summed E-state index contributed by atoms with van der Waals surface area (Å²) >= 11 is 0. The summed E-state index contributed by atoms with van der Waals surface area (Å²) in [5, 5.41) is 16.6. The van der Waals surface area contributed by atoms with Crippen LogP contribution in [-0.2, 0) is 4.79 Å². The molecule has 0 unspecified atom stereocenters. The number of hydrogen-bond donors (Lipinski definition) is 5. The third-order valence-electron chi connectivity index (χ3n) is 1.99. The average Bonchev–Trinajstić information content (AvgIpc) is 2.42. The molecule has 0 aliphatic heterocycles. The molecular weight excluding hydrogens is 254 g/mol. The van der Waals surface area contributed by atoms with Crippen molar-refractivity contribution in [3.05, 3.63) is 41.5 Å². The molecule has 0 spiro atoms. The zero-order valence-electron chi connectivity index (χ0n) is 9.58. The van der Waals surface area contributed by atoms with Crippen LogP contribution in [0.1, 0.15) is 15.9 Å². The van der Waals surface area contributed by atoms with E-state index in [-0.39, 0.29) is 5.56 Å². The lowest BCUT2D eigenvalue weighted by Gasteiger charge is -2.04. The molecule has 100 valence electrons. The van der Waals surface area contributed by atoms with Gasteiger partial charge >= 0.3 is 6.09 Å². The number of carboxylic acid groups (broad SMARTS) is 1. The van der Waals surface area contributed by atoms with Crippen molar-refractivity contribution in [3.8, 4) is 0 Å². The lowest BCUT2D eigenvalue weighted by molar-refractivity contribution is -0.124. The third kappa shape index (κ3) is 4.88. The molecule has 0 saturated carbocycles. The Kier molecular flexibility index (Phi) is 5.05. The Labute approximate surface area is 107 Å². The number of hydroxylamine groups is 1. The topological polar surface area (TPSA) is 128 Å². The third-order valence-corrected chi connectivity index (χ3v) is 1.99. The molecule has 5 N–H and O–H groups in total. The highest BCUT2D eigenvalue weighted by molar-refractivity contribution is 5.95. The second-order valence-electron chi connectivity index (χ2n) is 3.32. The van der Waals surface area contributed by atoms with E-state index in [0.29, 0.717) is 5.56 Å². The molecule has 0 atom stereocenters. The number of carbonyl (C=O) groups excluding carboxylic acids is 2. The molecular formula is C11H11N3O5. The average molecular weight is 265 g/mol. The Balaban J connectivity index is 2.65. The maximum atomic E-state index is 11.4. The fourth-order valence-electron chi connectivity index (χ4n) is 1.14. The molecule has 8 heteroatoms. The Morgan fingerprint density at radius 3 is 2.21 bits per heavy atom. The number of hydrogen-bond acceptors (Lipinski definition) is 4. The molecule has 1 rings (SSSR count). The van der Waals surface area contributed by atoms with Crippen molar-refractivity contribution in [1.29, 1.82) is 0 Å². The lowest BCUT2D eigenvalue weighted by atomic mass is 10.1. The van der Waals surface area contributed by atoms with Gasteiger partial charge in [-0.3, -0.25) is 20.2 Å². The van der Waals surface area contributed by atoms with Crippen molar-refractivity contribution in [3.63, 3.8) is 0 Å². The highest BCUT2D eigenvalue weighted by Gasteiger charge is 2.05. The van der Waals surface area contributed by atoms with Crippen LogP contribution in [0.4, 0.5) is 4.79 Å². The number of carbonyl (C=O) groups is 3. The van der Waals surface area contributed by atoms with Crippen molar-refractivity contribution in [1.82, 2.24) is 16.3 Å². The Morgan fingerprint density at radius 2 is 1.68 bits per heavy atom. The summed E-state index contributed by atoms with van der Waals surface area (Å²) in [7, 11) is 0.